The minimum Gasteiger partial charge on any atom is -0.497 e. The van der Waals surface area contributed by atoms with Crippen LogP contribution in [0, 0.1) is 0 Å². The highest BCUT2D eigenvalue weighted by molar-refractivity contribution is 6.30. The Labute approximate surface area is 162 Å². The number of nitrogens with zero attached hydrogens (tertiary/aromatic N) is 3. The van der Waals surface area contributed by atoms with E-state index in [-0.39, 0.29) is 18.1 Å². The van der Waals surface area contributed by atoms with E-state index >= 15 is 0 Å². The zero-order valence-corrected chi connectivity index (χ0v) is 15.9. The number of carbonyl (C=O) groups excluding carboxylic acids is 1. The van der Waals surface area contributed by atoms with Crippen LogP contribution in [0.5, 0.6) is 17.5 Å². The topological polar surface area (TPSA) is 85.8 Å². The highest BCUT2D eigenvalue weighted by atomic mass is 35.5. The van der Waals surface area contributed by atoms with Gasteiger partial charge in [-0.3, -0.25) is 0 Å². The molecule has 1 aromatic carbocycles. The van der Waals surface area contributed by atoms with Gasteiger partial charge in [-0.1, -0.05) is 11.6 Å². The lowest BCUT2D eigenvalue weighted by Crippen LogP contribution is -2.46. The van der Waals surface area contributed by atoms with Crippen molar-refractivity contribution in [1.29, 1.82) is 0 Å². The Balaban J connectivity index is 1.62. The van der Waals surface area contributed by atoms with E-state index in [2.05, 4.69) is 15.3 Å². The Bertz CT molecular complexity index is 765. The molecule has 9 heteroatoms. The molecule has 0 spiro atoms. The van der Waals surface area contributed by atoms with E-state index in [4.69, 9.17) is 25.8 Å². The van der Waals surface area contributed by atoms with Crippen LogP contribution in [0.1, 0.15) is 12.8 Å². The summed E-state index contributed by atoms with van der Waals surface area (Å²) < 4.78 is 16.2. The molecule has 3 rings (SSSR count). The number of amides is 2. The lowest BCUT2D eigenvalue weighted by molar-refractivity contribution is 0.0983. The summed E-state index contributed by atoms with van der Waals surface area (Å²) in [6.07, 6.45) is 4.43. The molecule has 1 aliphatic rings. The average molecular weight is 393 g/mol. The summed E-state index contributed by atoms with van der Waals surface area (Å²) in [5.74, 6) is 1.20. The largest absolute Gasteiger partial charge is 0.497 e. The number of halogens is 1. The average Bonchev–Trinajstić information content (AvgIpc) is 2.69. The summed E-state index contributed by atoms with van der Waals surface area (Å²) in [4.78, 5) is 22.4. The zero-order chi connectivity index (χ0) is 19.2. The van der Waals surface area contributed by atoms with Crippen molar-refractivity contribution in [3.05, 3.63) is 35.6 Å². The van der Waals surface area contributed by atoms with Crippen LogP contribution < -0.4 is 19.5 Å². The molecule has 144 valence electrons. The standard InChI is InChI=1S/C18H21ClN4O4/c1-25-15-6-13(7-16(8-15)26-2)22-18(24)23-5-3-4-14(11-23)27-17-20-9-12(19)10-21-17/h6-10,14H,3-5,11H2,1-2H3,(H,22,24). The number of benzene rings is 1. The summed E-state index contributed by atoms with van der Waals surface area (Å²) >= 11 is 5.78. The van der Waals surface area contributed by atoms with Gasteiger partial charge >= 0.3 is 12.0 Å². The van der Waals surface area contributed by atoms with Gasteiger partial charge in [0.25, 0.3) is 0 Å². The maximum atomic E-state index is 12.6. The van der Waals surface area contributed by atoms with Crippen LogP contribution in [-0.4, -0.2) is 54.3 Å². The van der Waals surface area contributed by atoms with E-state index in [1.165, 1.54) is 12.4 Å². The molecule has 1 saturated heterocycles. The third-order valence-electron chi connectivity index (χ3n) is 4.14. The first-order valence-corrected chi connectivity index (χ1v) is 8.88. The first kappa shape index (κ1) is 19.0. The molecule has 1 N–H and O–H groups in total. The van der Waals surface area contributed by atoms with E-state index in [0.717, 1.165) is 12.8 Å². The summed E-state index contributed by atoms with van der Waals surface area (Å²) in [7, 11) is 3.12. The number of carbonyl (C=O) groups is 1. The predicted molar refractivity (Wildman–Crippen MR) is 101 cm³/mol. The maximum absolute atomic E-state index is 12.6. The Morgan fingerprint density at radius 1 is 1.19 bits per heavy atom. The van der Waals surface area contributed by atoms with E-state index < -0.39 is 0 Å². The fraction of sp³-hybridized carbons (Fsp3) is 0.389. The van der Waals surface area contributed by atoms with Gasteiger partial charge in [0.15, 0.2) is 0 Å². The number of piperidine rings is 1. The number of urea groups is 1. The van der Waals surface area contributed by atoms with Crippen LogP contribution >= 0.6 is 11.6 Å². The second-order valence-electron chi connectivity index (χ2n) is 6.04. The molecule has 1 aliphatic heterocycles. The molecule has 0 saturated carbocycles. The number of anilines is 1. The van der Waals surface area contributed by atoms with Crippen molar-refractivity contribution in [2.45, 2.75) is 18.9 Å². The molecule has 1 unspecified atom stereocenters. The molecule has 2 aromatic rings. The second kappa shape index (κ2) is 8.77. The van der Waals surface area contributed by atoms with Crippen LogP contribution in [0.3, 0.4) is 0 Å². The summed E-state index contributed by atoms with van der Waals surface area (Å²) in [6.45, 7) is 1.09. The molecule has 0 aliphatic carbocycles. The number of hydrogen-bond donors (Lipinski definition) is 1. The molecule has 1 aromatic heterocycles. The number of likely N-dealkylation sites (tertiary alicyclic amines) is 1. The minimum atomic E-state index is -0.212. The number of nitrogens with one attached hydrogen (secondary N) is 1. The van der Waals surface area contributed by atoms with Gasteiger partial charge in [0.05, 0.1) is 38.2 Å². The first-order valence-electron chi connectivity index (χ1n) is 8.50. The maximum Gasteiger partial charge on any atom is 0.321 e. The Kier molecular flexibility index (Phi) is 6.18. The van der Waals surface area contributed by atoms with E-state index in [1.54, 1.807) is 37.3 Å². The van der Waals surface area contributed by atoms with Gasteiger partial charge < -0.3 is 24.4 Å². The Hall–Kier alpha value is -2.74. The lowest BCUT2D eigenvalue weighted by Gasteiger charge is -2.32. The van der Waals surface area contributed by atoms with Crippen molar-refractivity contribution < 1.29 is 19.0 Å². The van der Waals surface area contributed by atoms with Crippen LogP contribution in [0.25, 0.3) is 0 Å². The number of rotatable bonds is 5. The molecule has 1 atom stereocenters. The number of hydrogen-bond acceptors (Lipinski definition) is 6. The van der Waals surface area contributed by atoms with Gasteiger partial charge in [0.2, 0.25) is 0 Å². The van der Waals surface area contributed by atoms with Crippen molar-refractivity contribution in [2.75, 3.05) is 32.6 Å². The minimum absolute atomic E-state index is 0.175. The first-order chi connectivity index (χ1) is 13.1. The van der Waals surface area contributed by atoms with Gasteiger partial charge in [0.1, 0.15) is 17.6 Å². The van der Waals surface area contributed by atoms with Crippen molar-refractivity contribution in [1.82, 2.24) is 14.9 Å². The molecule has 27 heavy (non-hydrogen) atoms. The number of ether oxygens (including phenoxy) is 3. The molecular weight excluding hydrogens is 372 g/mol. The van der Waals surface area contributed by atoms with Crippen LogP contribution in [0.2, 0.25) is 5.02 Å². The van der Waals surface area contributed by atoms with Crippen LogP contribution in [0.15, 0.2) is 30.6 Å². The van der Waals surface area contributed by atoms with Gasteiger partial charge in [-0.25, -0.2) is 14.8 Å². The molecule has 2 amide bonds. The van der Waals surface area contributed by atoms with Crippen molar-refractivity contribution >= 4 is 23.3 Å². The van der Waals surface area contributed by atoms with Crippen molar-refractivity contribution in [2.24, 2.45) is 0 Å². The van der Waals surface area contributed by atoms with Gasteiger partial charge in [-0.15, -0.1) is 0 Å². The highest BCUT2D eigenvalue weighted by Crippen LogP contribution is 2.26. The predicted octanol–water partition coefficient (Wildman–Crippen LogP) is 3.22. The van der Waals surface area contributed by atoms with Crippen LogP contribution in [0.4, 0.5) is 10.5 Å². The second-order valence-corrected chi connectivity index (χ2v) is 6.48. The zero-order valence-electron chi connectivity index (χ0n) is 15.1. The Morgan fingerprint density at radius 2 is 1.85 bits per heavy atom. The summed E-state index contributed by atoms with van der Waals surface area (Å²) in [6, 6.07) is 5.26. The van der Waals surface area contributed by atoms with E-state index in [9.17, 15) is 4.79 Å². The smallest absolute Gasteiger partial charge is 0.321 e. The quantitative estimate of drug-likeness (QED) is 0.840. The highest BCUT2D eigenvalue weighted by Gasteiger charge is 2.25. The van der Waals surface area contributed by atoms with E-state index in [1.807, 2.05) is 0 Å². The lowest BCUT2D eigenvalue weighted by atomic mass is 10.1. The summed E-state index contributed by atoms with van der Waals surface area (Å²) in [5, 5.41) is 3.32. The fourth-order valence-electron chi connectivity index (χ4n) is 2.81. The molecule has 2 heterocycles. The fourth-order valence-corrected chi connectivity index (χ4v) is 2.91. The molecule has 0 bridgehead atoms. The SMILES string of the molecule is COc1cc(NC(=O)N2CCCC(Oc3ncc(Cl)cn3)C2)cc(OC)c1. The molecule has 8 nitrogen and oxygen atoms in total. The summed E-state index contributed by atoms with van der Waals surface area (Å²) in [5.41, 5.74) is 0.597. The third-order valence-corrected chi connectivity index (χ3v) is 4.33. The normalized spacial score (nSPS) is 16.6. The van der Waals surface area contributed by atoms with Gasteiger partial charge in [-0.2, -0.15) is 0 Å². The third kappa shape index (κ3) is 5.13. The molecule has 1 fully saturated rings. The Morgan fingerprint density at radius 3 is 2.48 bits per heavy atom. The van der Waals surface area contributed by atoms with Crippen LogP contribution in [-0.2, 0) is 0 Å². The van der Waals surface area contributed by atoms with E-state index in [0.29, 0.717) is 35.3 Å². The molecular formula is C18H21ClN4O4. The van der Waals surface area contributed by atoms with Gasteiger partial charge in [0, 0.05) is 30.4 Å². The van der Waals surface area contributed by atoms with Crippen molar-refractivity contribution in [3.8, 4) is 17.5 Å². The molecule has 0 radical (unpaired) electrons. The van der Waals surface area contributed by atoms with Gasteiger partial charge in [-0.05, 0) is 12.8 Å². The number of aromatic nitrogens is 2. The monoisotopic (exact) mass is 392 g/mol. The van der Waals surface area contributed by atoms with Crippen molar-refractivity contribution in [3.63, 3.8) is 0 Å². The number of methoxy groups -OCH3 is 2.